The Morgan fingerprint density at radius 1 is 1.50 bits per heavy atom. The molecule has 0 aromatic rings. The number of hydrogen-bond donors (Lipinski definition) is 0. The summed E-state index contributed by atoms with van der Waals surface area (Å²) in [6.07, 6.45) is 0. The fraction of sp³-hybridized carbons (Fsp3) is 0.800. The third-order valence-electron chi connectivity index (χ3n) is 0.966. The van der Waals surface area contributed by atoms with Gasteiger partial charge in [-0.25, -0.2) is 0 Å². The van der Waals surface area contributed by atoms with Gasteiger partial charge in [-0.2, -0.15) is 0 Å². The van der Waals surface area contributed by atoms with E-state index in [9.17, 15) is 0 Å². The van der Waals surface area contributed by atoms with Gasteiger partial charge in [0.25, 0.3) is 0 Å². The fourth-order valence-corrected chi connectivity index (χ4v) is 1.09. The first-order valence-corrected chi connectivity index (χ1v) is 5.59. The van der Waals surface area contributed by atoms with Gasteiger partial charge in [0.15, 0.2) is 0 Å². The van der Waals surface area contributed by atoms with Crippen molar-refractivity contribution in [2.45, 2.75) is 13.1 Å². The van der Waals surface area contributed by atoms with Gasteiger partial charge in [-0.1, -0.05) is 0 Å². The maximum atomic E-state index is 5.17. The highest BCUT2D eigenvalue weighted by Crippen LogP contribution is 1.96. The Morgan fingerprint density at radius 3 is 2.12 bits per heavy atom. The van der Waals surface area contributed by atoms with Gasteiger partial charge in [-0.05, 0) is 13.1 Å². The van der Waals surface area contributed by atoms with Gasteiger partial charge in [0.2, 0.25) is 8.32 Å². The average Bonchev–Trinajstić information content (AvgIpc) is 1.67. The van der Waals surface area contributed by atoms with Crippen LogP contribution in [0.1, 0.15) is 0 Å². The molecule has 0 aliphatic carbocycles. The molecule has 0 amide bonds. The zero-order chi connectivity index (χ0) is 6.62. The van der Waals surface area contributed by atoms with Crippen LogP contribution in [0.25, 0.3) is 0 Å². The second-order valence-electron chi connectivity index (χ2n) is 2.19. The van der Waals surface area contributed by atoms with Gasteiger partial charge >= 0.3 is 0 Å². The second kappa shape index (κ2) is 2.99. The highest BCUT2D eigenvalue weighted by molar-refractivity contribution is 6.95. The van der Waals surface area contributed by atoms with Gasteiger partial charge in [-0.15, -0.1) is 0 Å². The van der Waals surface area contributed by atoms with Gasteiger partial charge < -0.3 is 9.42 Å². The Balaban J connectivity index is 3.71. The van der Waals surface area contributed by atoms with Crippen molar-refractivity contribution in [1.29, 1.82) is 0 Å². The van der Waals surface area contributed by atoms with Crippen LogP contribution in [0.4, 0.5) is 0 Å². The van der Waals surface area contributed by atoms with Crippen molar-refractivity contribution in [2.24, 2.45) is 4.99 Å². The Morgan fingerprint density at radius 2 is 2.00 bits per heavy atom. The van der Waals surface area contributed by atoms with E-state index in [4.69, 9.17) is 4.43 Å². The van der Waals surface area contributed by atoms with Crippen LogP contribution in [0, 0.1) is 0 Å². The molecule has 0 aliphatic rings. The predicted molar refractivity (Wildman–Crippen MR) is 38.9 cm³/mol. The van der Waals surface area contributed by atoms with E-state index in [0.29, 0.717) is 0 Å². The van der Waals surface area contributed by atoms with Crippen LogP contribution in [-0.4, -0.2) is 28.3 Å². The highest BCUT2D eigenvalue weighted by Gasteiger charge is 2.15. The van der Waals surface area contributed by atoms with Crippen LogP contribution in [0.3, 0.4) is 0 Å². The van der Waals surface area contributed by atoms with Crippen LogP contribution in [0.2, 0.25) is 13.1 Å². The van der Waals surface area contributed by atoms with Crippen molar-refractivity contribution in [1.82, 2.24) is 0 Å². The van der Waals surface area contributed by atoms with Gasteiger partial charge in [0.05, 0.1) is 0 Å². The molecule has 0 saturated carbocycles. The maximum Gasteiger partial charge on any atom is 0.228 e. The molecule has 0 aliphatic heterocycles. The van der Waals surface area contributed by atoms with Crippen molar-refractivity contribution in [3.63, 3.8) is 0 Å². The molecule has 0 heterocycles. The summed E-state index contributed by atoms with van der Waals surface area (Å²) in [5, 5.41) is 0. The van der Waals surface area contributed by atoms with E-state index < -0.39 is 8.32 Å². The van der Waals surface area contributed by atoms with Crippen molar-refractivity contribution in [3.8, 4) is 0 Å². The Bertz CT molecular complexity index is 90.4. The fourth-order valence-electron chi connectivity index (χ4n) is 0.364. The molecule has 48 valence electrons. The summed E-state index contributed by atoms with van der Waals surface area (Å²) in [6.45, 7) is 4.19. The van der Waals surface area contributed by atoms with Gasteiger partial charge in [-0.3, -0.25) is 0 Å². The first kappa shape index (κ1) is 7.85. The minimum atomic E-state index is -1.47. The zero-order valence-electron chi connectivity index (χ0n) is 5.93. The summed E-state index contributed by atoms with van der Waals surface area (Å²) in [5.74, 6) is 1.91. The lowest BCUT2D eigenvalue weighted by Crippen LogP contribution is -2.30. The number of nitrogens with zero attached hydrogens (tertiary/aromatic N) is 1. The van der Waals surface area contributed by atoms with Gasteiger partial charge in [0, 0.05) is 20.0 Å². The van der Waals surface area contributed by atoms with Crippen LogP contribution in [-0.2, 0) is 4.43 Å². The van der Waals surface area contributed by atoms with Gasteiger partial charge in [0.1, 0.15) is 0 Å². The predicted octanol–water partition coefficient (Wildman–Crippen LogP) is 1.08. The molecular formula is C5H13NOSi. The van der Waals surface area contributed by atoms with E-state index in [-0.39, 0.29) is 0 Å². The lowest BCUT2D eigenvalue weighted by atomic mass is 11.4. The Hall–Kier alpha value is -0.153. The Kier molecular flexibility index (Phi) is 2.93. The van der Waals surface area contributed by atoms with Crippen LogP contribution in [0.5, 0.6) is 0 Å². The molecule has 0 saturated heterocycles. The van der Waals surface area contributed by atoms with Crippen molar-refractivity contribution < 1.29 is 4.43 Å². The second-order valence-corrected chi connectivity index (χ2v) is 6.07. The smallest absolute Gasteiger partial charge is 0.228 e. The van der Waals surface area contributed by atoms with Crippen LogP contribution >= 0.6 is 0 Å². The molecule has 0 fully saturated rings. The highest BCUT2D eigenvalue weighted by atomic mass is 28.4. The van der Waals surface area contributed by atoms with E-state index in [2.05, 4.69) is 18.1 Å². The van der Waals surface area contributed by atoms with Crippen molar-refractivity contribution >= 4 is 14.2 Å². The summed E-state index contributed by atoms with van der Waals surface area (Å²) < 4.78 is 5.17. The maximum absolute atomic E-state index is 5.17. The number of rotatable bonds is 2. The summed E-state index contributed by atoms with van der Waals surface area (Å²) in [6, 6.07) is 0. The molecule has 0 spiro atoms. The molecule has 0 N–H and O–H groups in total. The molecule has 8 heavy (non-hydrogen) atoms. The SMILES string of the molecule is CN=C[Si](C)(C)OC. The minimum absolute atomic E-state index is 1.47. The first-order valence-electron chi connectivity index (χ1n) is 2.61. The third kappa shape index (κ3) is 2.93. The molecule has 0 aromatic heterocycles. The van der Waals surface area contributed by atoms with E-state index in [1.807, 2.05) is 5.84 Å². The lowest BCUT2D eigenvalue weighted by Gasteiger charge is -2.11. The quantitative estimate of drug-likeness (QED) is 0.406. The lowest BCUT2D eigenvalue weighted by molar-refractivity contribution is 0.420. The number of aliphatic imine (C=N–C) groups is 1. The van der Waals surface area contributed by atoms with Crippen molar-refractivity contribution in [3.05, 3.63) is 0 Å². The molecule has 0 unspecified atom stereocenters. The van der Waals surface area contributed by atoms with E-state index >= 15 is 0 Å². The topological polar surface area (TPSA) is 21.6 Å². The summed E-state index contributed by atoms with van der Waals surface area (Å²) >= 11 is 0. The van der Waals surface area contributed by atoms with Crippen LogP contribution < -0.4 is 0 Å². The molecular weight excluding hydrogens is 118 g/mol. The zero-order valence-corrected chi connectivity index (χ0v) is 6.93. The monoisotopic (exact) mass is 131 g/mol. The standard InChI is InChI=1S/C5H13NOSi/c1-6-5-8(3,4)7-2/h5H,1-4H3. The van der Waals surface area contributed by atoms with E-state index in [0.717, 1.165) is 0 Å². The molecule has 0 atom stereocenters. The van der Waals surface area contributed by atoms with Crippen molar-refractivity contribution in [2.75, 3.05) is 14.2 Å². The summed E-state index contributed by atoms with van der Waals surface area (Å²) in [5.41, 5.74) is 0. The minimum Gasteiger partial charge on any atom is -0.415 e. The first-order chi connectivity index (χ1) is 3.62. The molecule has 0 rings (SSSR count). The summed E-state index contributed by atoms with van der Waals surface area (Å²) in [7, 11) is 2.03. The molecule has 2 nitrogen and oxygen atoms in total. The largest absolute Gasteiger partial charge is 0.415 e. The average molecular weight is 131 g/mol. The third-order valence-corrected chi connectivity index (χ3v) is 2.90. The molecule has 0 bridgehead atoms. The normalized spacial score (nSPS) is 13.0. The molecule has 0 radical (unpaired) electrons. The Labute approximate surface area is 51.7 Å². The summed E-state index contributed by atoms with van der Waals surface area (Å²) in [4.78, 5) is 3.89. The van der Waals surface area contributed by atoms with E-state index in [1.165, 1.54) is 0 Å². The number of hydrogen-bond acceptors (Lipinski definition) is 2. The van der Waals surface area contributed by atoms with E-state index in [1.54, 1.807) is 14.2 Å². The molecule has 3 heteroatoms. The van der Waals surface area contributed by atoms with Crippen LogP contribution in [0.15, 0.2) is 4.99 Å². The molecule has 0 aromatic carbocycles.